The van der Waals surface area contributed by atoms with E-state index in [1.165, 1.54) is 0 Å². The second-order valence-electron chi connectivity index (χ2n) is 3.45. The average molecular weight is 196 g/mol. The van der Waals surface area contributed by atoms with Gasteiger partial charge in [-0.1, -0.05) is 24.3 Å². The first kappa shape index (κ1) is 11.2. The highest BCUT2D eigenvalue weighted by Crippen LogP contribution is 2.18. The van der Waals surface area contributed by atoms with Gasteiger partial charge in [0.2, 0.25) is 0 Å². The summed E-state index contributed by atoms with van der Waals surface area (Å²) in [5.41, 5.74) is 1.57. The number of benzene rings is 1. The summed E-state index contributed by atoms with van der Waals surface area (Å²) in [4.78, 5) is 0. The molecule has 0 radical (unpaired) electrons. The lowest BCUT2D eigenvalue weighted by Gasteiger charge is -2.14. The van der Waals surface area contributed by atoms with Gasteiger partial charge in [0.05, 0.1) is 12.7 Å². The molecule has 0 aliphatic rings. The Balaban J connectivity index is 2.91. The largest absolute Gasteiger partial charge is 0.393 e. The molecule has 1 rings (SSSR count). The van der Waals surface area contributed by atoms with E-state index < -0.39 is 12.2 Å². The Hall–Kier alpha value is -0.900. The lowest BCUT2D eigenvalue weighted by atomic mass is 9.98. The average Bonchev–Trinajstić information content (AvgIpc) is 2.16. The molecule has 0 aliphatic heterocycles. The summed E-state index contributed by atoms with van der Waals surface area (Å²) < 4.78 is 0. The van der Waals surface area contributed by atoms with Crippen molar-refractivity contribution in [3.05, 3.63) is 35.4 Å². The second kappa shape index (κ2) is 5.10. The topological polar surface area (TPSA) is 60.7 Å². The molecule has 3 heteroatoms. The molecule has 78 valence electrons. The number of aliphatic hydroxyl groups is 3. The molecule has 0 amide bonds. The third-order valence-electron chi connectivity index (χ3n) is 2.10. The number of rotatable bonds is 4. The highest BCUT2D eigenvalue weighted by Gasteiger charge is 2.11. The number of hydrogen-bond acceptors (Lipinski definition) is 3. The van der Waals surface area contributed by atoms with Crippen LogP contribution < -0.4 is 0 Å². The van der Waals surface area contributed by atoms with Crippen LogP contribution in [0.3, 0.4) is 0 Å². The van der Waals surface area contributed by atoms with Crippen molar-refractivity contribution in [1.82, 2.24) is 0 Å². The maximum Gasteiger partial charge on any atom is 0.102 e. The zero-order chi connectivity index (χ0) is 10.6. The van der Waals surface area contributed by atoms with Gasteiger partial charge in [-0.25, -0.2) is 0 Å². The SMILES string of the molecule is CC(O)Cc1ccccc1C(O)CO. The molecule has 0 spiro atoms. The van der Waals surface area contributed by atoms with Gasteiger partial charge in [0, 0.05) is 0 Å². The normalized spacial score (nSPS) is 15.1. The molecule has 3 nitrogen and oxygen atoms in total. The molecular weight excluding hydrogens is 180 g/mol. The molecule has 14 heavy (non-hydrogen) atoms. The Morgan fingerprint density at radius 3 is 2.43 bits per heavy atom. The maximum absolute atomic E-state index is 9.49. The molecule has 2 atom stereocenters. The van der Waals surface area contributed by atoms with Crippen LogP contribution in [0, 0.1) is 0 Å². The van der Waals surface area contributed by atoms with Crippen LogP contribution in [-0.2, 0) is 6.42 Å². The van der Waals surface area contributed by atoms with Crippen molar-refractivity contribution in [3.63, 3.8) is 0 Å². The molecule has 0 fully saturated rings. The maximum atomic E-state index is 9.49. The van der Waals surface area contributed by atoms with E-state index in [0.717, 1.165) is 5.56 Å². The van der Waals surface area contributed by atoms with E-state index in [4.69, 9.17) is 5.11 Å². The van der Waals surface area contributed by atoms with Crippen molar-refractivity contribution in [3.8, 4) is 0 Å². The van der Waals surface area contributed by atoms with Crippen molar-refractivity contribution in [2.24, 2.45) is 0 Å². The van der Waals surface area contributed by atoms with Gasteiger partial charge >= 0.3 is 0 Å². The summed E-state index contributed by atoms with van der Waals surface area (Å²) in [5, 5.41) is 27.6. The van der Waals surface area contributed by atoms with Crippen LogP contribution in [0.1, 0.15) is 24.2 Å². The van der Waals surface area contributed by atoms with Crippen molar-refractivity contribution >= 4 is 0 Å². The molecule has 0 aliphatic carbocycles. The molecule has 0 aromatic heterocycles. The fraction of sp³-hybridized carbons (Fsp3) is 0.455. The van der Waals surface area contributed by atoms with Crippen LogP contribution in [-0.4, -0.2) is 28.0 Å². The van der Waals surface area contributed by atoms with E-state index in [1.54, 1.807) is 19.1 Å². The third-order valence-corrected chi connectivity index (χ3v) is 2.10. The van der Waals surface area contributed by atoms with Gasteiger partial charge in [-0.05, 0) is 24.5 Å². The van der Waals surface area contributed by atoms with E-state index in [0.29, 0.717) is 12.0 Å². The molecule has 3 N–H and O–H groups in total. The Morgan fingerprint density at radius 1 is 1.21 bits per heavy atom. The predicted octanol–water partition coefficient (Wildman–Crippen LogP) is 0.636. The van der Waals surface area contributed by atoms with E-state index in [2.05, 4.69) is 0 Å². The lowest BCUT2D eigenvalue weighted by Crippen LogP contribution is -2.11. The van der Waals surface area contributed by atoms with Crippen LogP contribution in [0.4, 0.5) is 0 Å². The zero-order valence-electron chi connectivity index (χ0n) is 8.22. The molecule has 1 aromatic rings. The minimum atomic E-state index is -0.857. The summed E-state index contributed by atoms with van der Waals surface area (Å²) in [6.45, 7) is 1.40. The fourth-order valence-electron chi connectivity index (χ4n) is 1.46. The molecule has 0 heterocycles. The number of aliphatic hydroxyl groups excluding tert-OH is 3. The van der Waals surface area contributed by atoms with Crippen LogP contribution >= 0.6 is 0 Å². The standard InChI is InChI=1S/C11H16O3/c1-8(13)6-9-4-2-3-5-10(9)11(14)7-12/h2-5,8,11-14H,6-7H2,1H3. The Kier molecular flexibility index (Phi) is 4.07. The first-order valence-electron chi connectivity index (χ1n) is 4.70. The van der Waals surface area contributed by atoms with Crippen molar-refractivity contribution in [2.75, 3.05) is 6.61 Å². The lowest BCUT2D eigenvalue weighted by molar-refractivity contribution is 0.0941. The van der Waals surface area contributed by atoms with Gasteiger partial charge in [-0.3, -0.25) is 0 Å². The minimum absolute atomic E-state index is 0.295. The van der Waals surface area contributed by atoms with E-state index in [1.807, 2.05) is 12.1 Å². The fourth-order valence-corrected chi connectivity index (χ4v) is 1.46. The summed E-state index contributed by atoms with van der Waals surface area (Å²) in [6.07, 6.45) is -0.806. The second-order valence-corrected chi connectivity index (χ2v) is 3.45. The van der Waals surface area contributed by atoms with Crippen molar-refractivity contribution in [1.29, 1.82) is 0 Å². The first-order chi connectivity index (χ1) is 6.65. The van der Waals surface area contributed by atoms with Gasteiger partial charge in [-0.2, -0.15) is 0 Å². The van der Waals surface area contributed by atoms with Gasteiger partial charge in [0.25, 0.3) is 0 Å². The van der Waals surface area contributed by atoms with E-state index >= 15 is 0 Å². The van der Waals surface area contributed by atoms with Crippen molar-refractivity contribution in [2.45, 2.75) is 25.6 Å². The highest BCUT2D eigenvalue weighted by atomic mass is 16.3. The Bertz CT molecular complexity index is 284. The Morgan fingerprint density at radius 2 is 1.86 bits per heavy atom. The summed E-state index contributed by atoms with van der Waals surface area (Å²) in [7, 11) is 0. The molecule has 2 unspecified atom stereocenters. The van der Waals surface area contributed by atoms with Gasteiger partial charge < -0.3 is 15.3 Å². The third kappa shape index (κ3) is 2.80. The van der Waals surface area contributed by atoms with E-state index in [-0.39, 0.29) is 6.61 Å². The first-order valence-corrected chi connectivity index (χ1v) is 4.70. The summed E-state index contributed by atoms with van der Waals surface area (Å²) >= 11 is 0. The molecule has 0 bridgehead atoms. The molecular formula is C11H16O3. The monoisotopic (exact) mass is 196 g/mol. The van der Waals surface area contributed by atoms with Crippen LogP contribution in [0.15, 0.2) is 24.3 Å². The quantitative estimate of drug-likeness (QED) is 0.662. The predicted molar refractivity (Wildman–Crippen MR) is 53.9 cm³/mol. The molecule has 0 saturated heterocycles. The summed E-state index contributed by atoms with van der Waals surface area (Å²) in [6, 6.07) is 7.27. The van der Waals surface area contributed by atoms with Gasteiger partial charge in [0.15, 0.2) is 0 Å². The smallest absolute Gasteiger partial charge is 0.102 e. The van der Waals surface area contributed by atoms with Crippen molar-refractivity contribution < 1.29 is 15.3 Å². The zero-order valence-corrected chi connectivity index (χ0v) is 8.22. The van der Waals surface area contributed by atoms with Gasteiger partial charge in [0.1, 0.15) is 6.10 Å². The van der Waals surface area contributed by atoms with Gasteiger partial charge in [-0.15, -0.1) is 0 Å². The minimum Gasteiger partial charge on any atom is -0.393 e. The van der Waals surface area contributed by atoms with Crippen LogP contribution in [0.25, 0.3) is 0 Å². The number of hydrogen-bond donors (Lipinski definition) is 3. The molecule has 0 saturated carbocycles. The van der Waals surface area contributed by atoms with E-state index in [9.17, 15) is 10.2 Å². The molecule has 1 aromatic carbocycles. The van der Waals surface area contributed by atoms with Crippen LogP contribution in [0.2, 0.25) is 0 Å². The highest BCUT2D eigenvalue weighted by molar-refractivity contribution is 5.29. The summed E-state index contributed by atoms with van der Waals surface area (Å²) in [5.74, 6) is 0. The van der Waals surface area contributed by atoms with Crippen LogP contribution in [0.5, 0.6) is 0 Å². The Labute approximate surface area is 83.6 Å².